The molecule has 33 heavy (non-hydrogen) atoms. The molecule has 2 heterocycles. The summed E-state index contributed by atoms with van der Waals surface area (Å²) in [5.41, 5.74) is 6.33. The van der Waals surface area contributed by atoms with Crippen LogP contribution in [0.15, 0.2) is 18.2 Å². The largest absolute Gasteiger partial charge is 0.472 e. The van der Waals surface area contributed by atoms with Crippen LogP contribution in [0.3, 0.4) is 0 Å². The van der Waals surface area contributed by atoms with Crippen LogP contribution in [0.25, 0.3) is 0 Å². The summed E-state index contributed by atoms with van der Waals surface area (Å²) in [6, 6.07) is 4.17. The number of hydrogen-bond donors (Lipinski definition) is 3. The first-order chi connectivity index (χ1) is 16.0. The lowest BCUT2D eigenvalue weighted by Gasteiger charge is -2.14. The molecule has 1 aliphatic heterocycles. The number of ether oxygens (including phenoxy) is 1. The SMILES string of the molecule is NC(=O)c1c(OCc2c(CF)cccc2CF)nsc1NC(=O)NCCCCN1CCCC1. The van der Waals surface area contributed by atoms with E-state index < -0.39 is 25.3 Å². The molecule has 1 aromatic heterocycles. The molecular weight excluding hydrogens is 452 g/mol. The second-order valence-corrected chi connectivity index (χ2v) is 8.58. The fourth-order valence-corrected chi connectivity index (χ4v) is 4.49. The lowest BCUT2D eigenvalue weighted by atomic mass is 10.0. The van der Waals surface area contributed by atoms with Gasteiger partial charge in [0.15, 0.2) is 0 Å². The smallest absolute Gasteiger partial charge is 0.319 e. The zero-order chi connectivity index (χ0) is 23.6. The Morgan fingerprint density at radius 1 is 1.15 bits per heavy atom. The van der Waals surface area contributed by atoms with Crippen molar-refractivity contribution in [1.29, 1.82) is 0 Å². The lowest BCUT2D eigenvalue weighted by Crippen LogP contribution is -2.30. The highest BCUT2D eigenvalue weighted by Gasteiger charge is 2.22. The maximum Gasteiger partial charge on any atom is 0.319 e. The number of nitrogens with two attached hydrogens (primary N) is 1. The van der Waals surface area contributed by atoms with Crippen molar-refractivity contribution in [1.82, 2.24) is 14.6 Å². The van der Waals surface area contributed by atoms with Crippen molar-refractivity contribution in [3.05, 3.63) is 40.5 Å². The van der Waals surface area contributed by atoms with Gasteiger partial charge in [-0.3, -0.25) is 10.1 Å². The van der Waals surface area contributed by atoms with Gasteiger partial charge in [0.1, 0.15) is 30.5 Å². The first-order valence-corrected chi connectivity index (χ1v) is 11.7. The van der Waals surface area contributed by atoms with Crippen molar-refractivity contribution in [2.24, 2.45) is 5.73 Å². The number of rotatable bonds is 12. The van der Waals surface area contributed by atoms with E-state index in [2.05, 4.69) is 19.9 Å². The number of nitrogens with zero attached hydrogens (tertiary/aromatic N) is 2. The number of alkyl halides is 2. The van der Waals surface area contributed by atoms with Crippen molar-refractivity contribution in [2.45, 2.75) is 45.6 Å². The van der Waals surface area contributed by atoms with Crippen LogP contribution in [0.5, 0.6) is 5.88 Å². The van der Waals surface area contributed by atoms with Crippen LogP contribution in [0.2, 0.25) is 0 Å². The van der Waals surface area contributed by atoms with Crippen molar-refractivity contribution < 1.29 is 23.1 Å². The number of halogens is 2. The second-order valence-electron chi connectivity index (χ2n) is 7.80. The first-order valence-electron chi connectivity index (χ1n) is 10.9. The Morgan fingerprint density at radius 2 is 1.85 bits per heavy atom. The Balaban J connectivity index is 1.55. The molecule has 3 amide bonds. The van der Waals surface area contributed by atoms with E-state index >= 15 is 0 Å². The number of anilines is 1. The first kappa shape index (κ1) is 24.8. The molecular formula is C22H29F2N5O3S. The Hall–Kier alpha value is -2.79. The molecule has 1 aliphatic rings. The Bertz CT molecular complexity index is 928. The van der Waals surface area contributed by atoms with E-state index in [1.807, 2.05) is 0 Å². The molecule has 4 N–H and O–H groups in total. The van der Waals surface area contributed by atoms with Gasteiger partial charge in [-0.2, -0.15) is 4.37 Å². The third-order valence-corrected chi connectivity index (χ3v) is 6.28. The molecule has 180 valence electrons. The number of unbranched alkanes of at least 4 members (excludes halogenated alkanes) is 1. The molecule has 1 saturated heterocycles. The van der Waals surface area contributed by atoms with Gasteiger partial charge in [-0.25, -0.2) is 13.6 Å². The normalized spacial score (nSPS) is 13.8. The molecule has 0 radical (unpaired) electrons. The van der Waals surface area contributed by atoms with E-state index in [4.69, 9.17) is 10.5 Å². The van der Waals surface area contributed by atoms with Crippen molar-refractivity contribution in [2.75, 3.05) is 31.5 Å². The Labute approximate surface area is 195 Å². The molecule has 1 fully saturated rings. The lowest BCUT2D eigenvalue weighted by molar-refractivity contribution is 0.0996. The molecule has 0 saturated carbocycles. The van der Waals surface area contributed by atoms with Gasteiger partial charge < -0.3 is 20.7 Å². The molecule has 1 aromatic carbocycles. The van der Waals surface area contributed by atoms with E-state index in [9.17, 15) is 18.4 Å². The Kier molecular flexibility index (Phi) is 9.37. The number of aromatic nitrogens is 1. The maximum atomic E-state index is 13.3. The summed E-state index contributed by atoms with van der Waals surface area (Å²) in [5.74, 6) is -0.920. The van der Waals surface area contributed by atoms with Crippen LogP contribution in [0.4, 0.5) is 18.6 Å². The van der Waals surface area contributed by atoms with Crippen molar-refractivity contribution >= 4 is 28.5 Å². The summed E-state index contributed by atoms with van der Waals surface area (Å²) in [6.07, 6.45) is 4.34. The van der Waals surface area contributed by atoms with Gasteiger partial charge in [0, 0.05) is 12.1 Å². The van der Waals surface area contributed by atoms with E-state index in [1.54, 1.807) is 6.07 Å². The number of amides is 3. The third kappa shape index (κ3) is 6.84. The van der Waals surface area contributed by atoms with E-state index in [1.165, 1.54) is 25.0 Å². The number of carbonyl (C=O) groups excluding carboxylic acids is 2. The van der Waals surface area contributed by atoms with Crippen LogP contribution in [0, 0.1) is 0 Å². The standard InChI is InChI=1S/C22H29F2N5O3S/c23-12-15-6-5-7-16(13-24)17(15)14-32-20-18(19(25)30)21(33-28-20)27-22(31)26-8-1-2-9-29-10-3-4-11-29/h5-7H,1-4,8-14H2,(H2,25,30)(H2,26,27,31). The topological polar surface area (TPSA) is 110 Å². The molecule has 8 nitrogen and oxygen atoms in total. The minimum Gasteiger partial charge on any atom is -0.472 e. The molecule has 0 atom stereocenters. The highest BCUT2D eigenvalue weighted by molar-refractivity contribution is 7.11. The predicted octanol–water partition coefficient (Wildman–Crippen LogP) is 3.76. The van der Waals surface area contributed by atoms with E-state index in [0.717, 1.165) is 44.0 Å². The highest BCUT2D eigenvalue weighted by atomic mass is 32.1. The number of carbonyl (C=O) groups is 2. The van der Waals surface area contributed by atoms with Crippen LogP contribution in [-0.2, 0) is 20.0 Å². The average molecular weight is 482 g/mol. The minimum absolute atomic E-state index is 0.0799. The summed E-state index contributed by atoms with van der Waals surface area (Å²) in [7, 11) is 0. The van der Waals surface area contributed by atoms with E-state index in [-0.39, 0.29) is 23.1 Å². The number of benzene rings is 1. The third-order valence-electron chi connectivity index (χ3n) is 5.53. The molecule has 3 rings (SSSR count). The van der Waals surface area contributed by atoms with Crippen molar-refractivity contribution in [3.8, 4) is 5.88 Å². The molecule has 0 unspecified atom stereocenters. The maximum absolute atomic E-state index is 13.3. The summed E-state index contributed by atoms with van der Waals surface area (Å²) in [6.45, 7) is 2.07. The fraction of sp³-hybridized carbons (Fsp3) is 0.500. The number of nitrogens with one attached hydrogen (secondary N) is 2. The van der Waals surface area contributed by atoms with Crippen LogP contribution in [0.1, 0.15) is 52.7 Å². The van der Waals surface area contributed by atoms with Gasteiger partial charge in [-0.1, -0.05) is 18.2 Å². The second kappa shape index (κ2) is 12.4. The zero-order valence-corrected chi connectivity index (χ0v) is 19.2. The molecule has 0 spiro atoms. The summed E-state index contributed by atoms with van der Waals surface area (Å²) >= 11 is 0.846. The number of primary amides is 1. The Morgan fingerprint density at radius 3 is 2.48 bits per heavy atom. The highest BCUT2D eigenvalue weighted by Crippen LogP contribution is 2.31. The molecule has 0 aliphatic carbocycles. The summed E-state index contributed by atoms with van der Waals surface area (Å²) < 4.78 is 36.2. The van der Waals surface area contributed by atoms with E-state index in [0.29, 0.717) is 23.2 Å². The molecule has 11 heteroatoms. The molecule has 2 aromatic rings. The van der Waals surface area contributed by atoms with Gasteiger partial charge >= 0.3 is 6.03 Å². The summed E-state index contributed by atoms with van der Waals surface area (Å²) in [4.78, 5) is 26.6. The monoisotopic (exact) mass is 481 g/mol. The zero-order valence-electron chi connectivity index (χ0n) is 18.4. The van der Waals surface area contributed by atoms with Gasteiger partial charge in [0.05, 0.1) is 0 Å². The number of likely N-dealkylation sites (tertiary alicyclic amines) is 1. The van der Waals surface area contributed by atoms with Gasteiger partial charge in [-0.15, -0.1) is 0 Å². The number of hydrogen-bond acceptors (Lipinski definition) is 6. The number of urea groups is 1. The van der Waals surface area contributed by atoms with Gasteiger partial charge in [0.25, 0.3) is 5.91 Å². The van der Waals surface area contributed by atoms with Crippen LogP contribution >= 0.6 is 11.5 Å². The van der Waals surface area contributed by atoms with Crippen LogP contribution < -0.4 is 21.1 Å². The average Bonchev–Trinajstić information content (AvgIpc) is 3.47. The predicted molar refractivity (Wildman–Crippen MR) is 123 cm³/mol. The summed E-state index contributed by atoms with van der Waals surface area (Å²) in [5, 5.41) is 5.49. The fourth-order valence-electron chi connectivity index (χ4n) is 3.76. The van der Waals surface area contributed by atoms with Crippen LogP contribution in [-0.4, -0.2) is 47.4 Å². The minimum atomic E-state index is -0.829. The quantitative estimate of drug-likeness (QED) is 0.400. The van der Waals surface area contributed by atoms with Gasteiger partial charge in [0.2, 0.25) is 5.88 Å². The van der Waals surface area contributed by atoms with Gasteiger partial charge in [-0.05, 0) is 68.0 Å². The molecule has 0 bridgehead atoms. The van der Waals surface area contributed by atoms with Crippen molar-refractivity contribution in [3.63, 3.8) is 0 Å².